The number of rotatable bonds is 7. The Bertz CT molecular complexity index is 1180. The van der Waals surface area contributed by atoms with Gasteiger partial charge in [-0.25, -0.2) is 9.97 Å². The molecule has 4 rings (SSSR count). The van der Waals surface area contributed by atoms with Crippen molar-refractivity contribution in [2.75, 3.05) is 17.3 Å². The summed E-state index contributed by atoms with van der Waals surface area (Å²) in [5, 5.41) is 12.3. The number of nitrogens with zero attached hydrogens (tertiary/aromatic N) is 6. The van der Waals surface area contributed by atoms with Crippen LogP contribution in [-0.2, 0) is 18.4 Å². The summed E-state index contributed by atoms with van der Waals surface area (Å²) in [5.74, 6) is 0.896. The van der Waals surface area contributed by atoms with E-state index in [1.54, 1.807) is 24.3 Å². The van der Waals surface area contributed by atoms with Gasteiger partial charge >= 0.3 is 0 Å². The number of carbonyl (C=O) groups excluding carboxylic acids is 1. The monoisotopic (exact) mass is 439 g/mol. The molecule has 3 heterocycles. The maximum absolute atomic E-state index is 12.4. The standard InChI is InChI=1S/C20H21N7OS2/c1-4-27-19(13-9-16-18(21-10-13)22-12-26(16)2)24-25-20(27)30-11-17(28)23-14-5-7-15(29-3)8-6-14/h5-10,12H,4,11H2,1-3H3,(H,23,28). The molecule has 0 radical (unpaired) electrons. The van der Waals surface area contributed by atoms with Gasteiger partial charge in [0.05, 0.1) is 17.6 Å². The van der Waals surface area contributed by atoms with Crippen LogP contribution in [0, 0.1) is 0 Å². The van der Waals surface area contributed by atoms with Crippen molar-refractivity contribution in [3.05, 3.63) is 42.9 Å². The van der Waals surface area contributed by atoms with Crippen LogP contribution in [-0.4, -0.2) is 47.2 Å². The fraction of sp³-hybridized carbons (Fsp3) is 0.250. The van der Waals surface area contributed by atoms with Gasteiger partial charge in [-0.2, -0.15) is 0 Å². The number of thioether (sulfide) groups is 2. The van der Waals surface area contributed by atoms with E-state index >= 15 is 0 Å². The Balaban J connectivity index is 1.47. The number of benzene rings is 1. The molecular formula is C20H21N7OS2. The molecule has 10 heteroatoms. The van der Waals surface area contributed by atoms with Crippen LogP contribution in [0.5, 0.6) is 0 Å². The molecule has 0 fully saturated rings. The van der Waals surface area contributed by atoms with Crippen molar-refractivity contribution >= 4 is 46.3 Å². The van der Waals surface area contributed by atoms with E-state index in [2.05, 4.69) is 25.5 Å². The highest BCUT2D eigenvalue weighted by molar-refractivity contribution is 7.99. The minimum atomic E-state index is -0.0814. The van der Waals surface area contributed by atoms with Gasteiger partial charge in [-0.3, -0.25) is 4.79 Å². The van der Waals surface area contributed by atoms with Crippen molar-refractivity contribution in [2.24, 2.45) is 7.05 Å². The summed E-state index contributed by atoms with van der Waals surface area (Å²) in [4.78, 5) is 22.2. The molecule has 0 saturated carbocycles. The van der Waals surface area contributed by atoms with E-state index in [1.165, 1.54) is 11.8 Å². The van der Waals surface area contributed by atoms with Gasteiger partial charge in [0.25, 0.3) is 0 Å². The fourth-order valence-corrected chi connectivity index (χ4v) is 4.24. The van der Waals surface area contributed by atoms with Crippen LogP contribution in [0.2, 0.25) is 0 Å². The average molecular weight is 440 g/mol. The van der Waals surface area contributed by atoms with Gasteiger partial charge in [0.2, 0.25) is 5.91 Å². The van der Waals surface area contributed by atoms with Gasteiger partial charge in [0, 0.05) is 35.9 Å². The summed E-state index contributed by atoms with van der Waals surface area (Å²) in [5.41, 5.74) is 3.28. The maximum Gasteiger partial charge on any atom is 0.234 e. The molecular weight excluding hydrogens is 418 g/mol. The number of anilines is 1. The van der Waals surface area contributed by atoms with E-state index in [4.69, 9.17) is 0 Å². The number of fused-ring (bicyclic) bond motifs is 1. The fourth-order valence-electron chi connectivity index (χ4n) is 3.03. The number of imidazole rings is 1. The molecule has 0 unspecified atom stereocenters. The number of nitrogens with one attached hydrogen (secondary N) is 1. The van der Waals surface area contributed by atoms with Crippen LogP contribution >= 0.6 is 23.5 Å². The van der Waals surface area contributed by atoms with Crippen molar-refractivity contribution in [3.8, 4) is 11.4 Å². The third-order valence-electron chi connectivity index (χ3n) is 4.58. The van der Waals surface area contributed by atoms with E-state index in [1.807, 2.05) is 59.7 Å². The van der Waals surface area contributed by atoms with Gasteiger partial charge in [0.15, 0.2) is 16.6 Å². The van der Waals surface area contributed by atoms with Crippen LogP contribution in [0.1, 0.15) is 6.92 Å². The van der Waals surface area contributed by atoms with E-state index in [9.17, 15) is 4.79 Å². The summed E-state index contributed by atoms with van der Waals surface area (Å²) >= 11 is 3.03. The highest BCUT2D eigenvalue weighted by atomic mass is 32.2. The van der Waals surface area contributed by atoms with Gasteiger partial charge < -0.3 is 14.5 Å². The molecule has 0 atom stereocenters. The SMILES string of the molecule is CCn1c(SCC(=O)Nc2ccc(SC)cc2)nnc1-c1cnc2ncn(C)c2c1. The summed E-state index contributed by atoms with van der Waals surface area (Å²) in [7, 11) is 1.93. The highest BCUT2D eigenvalue weighted by Gasteiger charge is 2.16. The Labute approximate surface area is 182 Å². The van der Waals surface area contributed by atoms with Crippen molar-refractivity contribution in [2.45, 2.75) is 23.5 Å². The lowest BCUT2D eigenvalue weighted by Crippen LogP contribution is -2.14. The van der Waals surface area contributed by atoms with Crippen LogP contribution in [0.4, 0.5) is 5.69 Å². The van der Waals surface area contributed by atoms with Crippen LogP contribution in [0.15, 0.2) is 52.9 Å². The number of amides is 1. The summed E-state index contributed by atoms with van der Waals surface area (Å²) in [6.45, 7) is 2.71. The second-order valence-corrected chi connectivity index (χ2v) is 8.36. The molecule has 0 saturated heterocycles. The quantitative estimate of drug-likeness (QED) is 0.439. The normalized spacial score (nSPS) is 11.2. The first kappa shape index (κ1) is 20.4. The molecule has 3 aromatic heterocycles. The number of pyridine rings is 1. The zero-order valence-electron chi connectivity index (χ0n) is 16.9. The lowest BCUT2D eigenvalue weighted by Gasteiger charge is -2.08. The van der Waals surface area contributed by atoms with E-state index in [0.29, 0.717) is 17.3 Å². The van der Waals surface area contributed by atoms with Crippen molar-refractivity contribution < 1.29 is 4.79 Å². The molecule has 1 amide bonds. The molecule has 1 aromatic carbocycles. The highest BCUT2D eigenvalue weighted by Crippen LogP contribution is 2.26. The molecule has 0 bridgehead atoms. The molecule has 0 spiro atoms. The topological polar surface area (TPSA) is 90.5 Å². The van der Waals surface area contributed by atoms with E-state index in [0.717, 1.165) is 27.5 Å². The van der Waals surface area contributed by atoms with Crippen LogP contribution in [0.3, 0.4) is 0 Å². The molecule has 1 N–H and O–H groups in total. The molecule has 0 aliphatic carbocycles. The second-order valence-electron chi connectivity index (χ2n) is 6.54. The zero-order valence-corrected chi connectivity index (χ0v) is 18.5. The Kier molecular flexibility index (Phi) is 6.05. The van der Waals surface area contributed by atoms with Crippen molar-refractivity contribution in [3.63, 3.8) is 0 Å². The molecule has 30 heavy (non-hydrogen) atoms. The van der Waals surface area contributed by atoms with Gasteiger partial charge in [-0.05, 0) is 43.5 Å². The van der Waals surface area contributed by atoms with Crippen molar-refractivity contribution in [1.29, 1.82) is 0 Å². The maximum atomic E-state index is 12.4. The molecule has 8 nitrogen and oxygen atoms in total. The number of aromatic nitrogens is 6. The third kappa shape index (κ3) is 4.19. The molecule has 0 aliphatic heterocycles. The Hall–Kier alpha value is -2.85. The number of hydrogen-bond donors (Lipinski definition) is 1. The first-order valence-corrected chi connectivity index (χ1v) is 11.6. The predicted octanol–water partition coefficient (Wildman–Crippen LogP) is 3.70. The Morgan fingerprint density at radius 3 is 2.70 bits per heavy atom. The average Bonchev–Trinajstić information content (AvgIpc) is 3.35. The summed E-state index contributed by atoms with van der Waals surface area (Å²) in [6.07, 6.45) is 5.51. The van der Waals surface area contributed by atoms with Gasteiger partial charge in [-0.1, -0.05) is 11.8 Å². The van der Waals surface area contributed by atoms with E-state index in [-0.39, 0.29) is 11.7 Å². The first-order chi connectivity index (χ1) is 14.6. The summed E-state index contributed by atoms with van der Waals surface area (Å²) < 4.78 is 3.91. The molecule has 154 valence electrons. The lowest BCUT2D eigenvalue weighted by molar-refractivity contribution is -0.113. The second kappa shape index (κ2) is 8.88. The van der Waals surface area contributed by atoms with Crippen LogP contribution < -0.4 is 5.32 Å². The number of hydrogen-bond acceptors (Lipinski definition) is 7. The third-order valence-corrected chi connectivity index (χ3v) is 6.29. The van der Waals surface area contributed by atoms with Gasteiger partial charge in [-0.15, -0.1) is 22.0 Å². The lowest BCUT2D eigenvalue weighted by atomic mass is 10.2. The smallest absolute Gasteiger partial charge is 0.234 e. The Morgan fingerprint density at radius 1 is 1.17 bits per heavy atom. The number of carbonyl (C=O) groups is 1. The van der Waals surface area contributed by atoms with Crippen LogP contribution in [0.25, 0.3) is 22.6 Å². The first-order valence-electron chi connectivity index (χ1n) is 9.36. The minimum absolute atomic E-state index is 0.0814. The van der Waals surface area contributed by atoms with Gasteiger partial charge in [0.1, 0.15) is 0 Å². The predicted molar refractivity (Wildman–Crippen MR) is 121 cm³/mol. The largest absolute Gasteiger partial charge is 0.332 e. The zero-order chi connectivity index (χ0) is 21.1. The molecule has 0 aliphatic rings. The minimum Gasteiger partial charge on any atom is -0.332 e. The molecule has 4 aromatic rings. The number of aryl methyl sites for hydroxylation is 1. The van der Waals surface area contributed by atoms with E-state index < -0.39 is 0 Å². The van der Waals surface area contributed by atoms with Crippen molar-refractivity contribution in [1.82, 2.24) is 29.3 Å². The Morgan fingerprint density at radius 2 is 1.97 bits per heavy atom. The summed E-state index contributed by atoms with van der Waals surface area (Å²) in [6, 6.07) is 9.79.